The van der Waals surface area contributed by atoms with Crippen molar-refractivity contribution in [1.82, 2.24) is 4.90 Å². The zero-order valence-electron chi connectivity index (χ0n) is 11.3. The Morgan fingerprint density at radius 2 is 2.16 bits per heavy atom. The summed E-state index contributed by atoms with van der Waals surface area (Å²) in [5, 5.41) is 8.70. The fourth-order valence-corrected chi connectivity index (χ4v) is 2.42. The zero-order valence-corrected chi connectivity index (χ0v) is 11.3. The molecule has 1 aliphatic heterocycles. The van der Waals surface area contributed by atoms with Crippen LogP contribution in [0.4, 0.5) is 0 Å². The van der Waals surface area contributed by atoms with Gasteiger partial charge in [-0.15, -0.1) is 0 Å². The van der Waals surface area contributed by atoms with Gasteiger partial charge in [0.15, 0.2) is 0 Å². The molecular weight excluding hydrogens is 242 g/mol. The minimum absolute atomic E-state index is 0.0993. The third kappa shape index (κ3) is 4.04. The fraction of sp³-hybridized carbons (Fsp3) is 0.533. The predicted octanol–water partition coefficient (Wildman–Crippen LogP) is 2.31. The number of hydrogen-bond donors (Lipinski definition) is 1. The Kier molecular flexibility index (Phi) is 4.93. The van der Waals surface area contributed by atoms with E-state index in [0.29, 0.717) is 19.1 Å². The third-order valence-electron chi connectivity index (χ3n) is 3.57. The van der Waals surface area contributed by atoms with Crippen molar-refractivity contribution in [3.05, 3.63) is 35.9 Å². The summed E-state index contributed by atoms with van der Waals surface area (Å²) in [5.41, 5.74) is 1.19. The number of hydrogen-bond acceptors (Lipinski definition) is 3. The summed E-state index contributed by atoms with van der Waals surface area (Å²) < 4.78 is 5.88. The van der Waals surface area contributed by atoms with E-state index in [4.69, 9.17) is 9.84 Å². The van der Waals surface area contributed by atoms with Crippen LogP contribution in [0, 0.1) is 0 Å². The molecule has 0 saturated carbocycles. The van der Waals surface area contributed by atoms with Crippen molar-refractivity contribution in [3.63, 3.8) is 0 Å². The topological polar surface area (TPSA) is 49.8 Å². The fourth-order valence-electron chi connectivity index (χ4n) is 2.42. The molecule has 104 valence electrons. The molecule has 0 amide bonds. The Hall–Kier alpha value is -1.39. The molecule has 0 unspecified atom stereocenters. The zero-order chi connectivity index (χ0) is 13.7. The summed E-state index contributed by atoms with van der Waals surface area (Å²) in [7, 11) is 0. The Morgan fingerprint density at radius 3 is 2.84 bits per heavy atom. The van der Waals surface area contributed by atoms with E-state index < -0.39 is 5.97 Å². The molecule has 2 atom stereocenters. The first kappa shape index (κ1) is 14.0. The number of carbonyl (C=O) groups is 1. The van der Waals surface area contributed by atoms with Crippen LogP contribution in [0.15, 0.2) is 30.3 Å². The monoisotopic (exact) mass is 263 g/mol. The van der Waals surface area contributed by atoms with Crippen LogP contribution in [-0.4, -0.2) is 41.7 Å². The van der Waals surface area contributed by atoms with Crippen molar-refractivity contribution in [2.24, 2.45) is 0 Å². The molecule has 0 aromatic heterocycles. The Balaban J connectivity index is 1.90. The van der Waals surface area contributed by atoms with Crippen LogP contribution in [0.5, 0.6) is 0 Å². The molecular formula is C15H21NO3. The summed E-state index contributed by atoms with van der Waals surface area (Å²) in [4.78, 5) is 12.9. The van der Waals surface area contributed by atoms with Crippen molar-refractivity contribution in [3.8, 4) is 0 Å². The first-order valence-corrected chi connectivity index (χ1v) is 6.79. The smallest absolute Gasteiger partial charge is 0.303 e. The van der Waals surface area contributed by atoms with Crippen molar-refractivity contribution in [2.75, 3.05) is 19.7 Å². The minimum Gasteiger partial charge on any atom is -0.481 e. The van der Waals surface area contributed by atoms with E-state index in [9.17, 15) is 4.79 Å². The Bertz CT molecular complexity index is 407. The van der Waals surface area contributed by atoms with Gasteiger partial charge in [0, 0.05) is 19.0 Å². The van der Waals surface area contributed by atoms with Crippen molar-refractivity contribution in [2.45, 2.75) is 31.9 Å². The van der Waals surface area contributed by atoms with Gasteiger partial charge in [0.2, 0.25) is 0 Å². The van der Waals surface area contributed by atoms with Gasteiger partial charge in [0.1, 0.15) is 0 Å². The number of rotatable bonds is 5. The van der Waals surface area contributed by atoms with E-state index in [2.05, 4.69) is 24.0 Å². The van der Waals surface area contributed by atoms with Gasteiger partial charge in [-0.25, -0.2) is 0 Å². The lowest BCUT2D eigenvalue weighted by Crippen LogP contribution is -2.45. The van der Waals surface area contributed by atoms with Gasteiger partial charge < -0.3 is 9.84 Å². The number of aliphatic carboxylic acids is 1. The molecule has 0 bridgehead atoms. The molecule has 0 radical (unpaired) electrons. The average molecular weight is 263 g/mol. The summed E-state index contributed by atoms with van der Waals surface area (Å²) in [6, 6.07) is 10.6. The molecule has 4 heteroatoms. The SMILES string of the molecule is C[C@H]1CO[C@H](c2ccccc2)CN1CCCC(=O)O. The van der Waals surface area contributed by atoms with Crippen LogP contribution in [0.2, 0.25) is 0 Å². The highest BCUT2D eigenvalue weighted by molar-refractivity contribution is 5.66. The quantitative estimate of drug-likeness (QED) is 0.885. The van der Waals surface area contributed by atoms with Crippen LogP contribution in [0.3, 0.4) is 0 Å². The average Bonchev–Trinajstić information content (AvgIpc) is 2.41. The summed E-state index contributed by atoms with van der Waals surface area (Å²) >= 11 is 0. The van der Waals surface area contributed by atoms with Gasteiger partial charge >= 0.3 is 5.97 Å². The second kappa shape index (κ2) is 6.68. The Labute approximate surface area is 114 Å². The maximum atomic E-state index is 10.6. The summed E-state index contributed by atoms with van der Waals surface area (Å²) in [5.74, 6) is -0.722. The highest BCUT2D eigenvalue weighted by Gasteiger charge is 2.26. The van der Waals surface area contributed by atoms with Crippen LogP contribution in [0.1, 0.15) is 31.4 Å². The number of ether oxygens (including phenoxy) is 1. The number of morpholine rings is 1. The first-order valence-electron chi connectivity index (χ1n) is 6.79. The van der Waals surface area contributed by atoms with Crippen molar-refractivity contribution in [1.29, 1.82) is 0 Å². The summed E-state index contributed by atoms with van der Waals surface area (Å²) in [6.45, 7) is 4.49. The molecule has 1 heterocycles. The first-order chi connectivity index (χ1) is 9.16. The predicted molar refractivity (Wildman–Crippen MR) is 73.0 cm³/mol. The van der Waals surface area contributed by atoms with Crippen LogP contribution in [-0.2, 0) is 9.53 Å². The van der Waals surface area contributed by atoms with E-state index in [-0.39, 0.29) is 12.5 Å². The van der Waals surface area contributed by atoms with Gasteiger partial charge in [-0.05, 0) is 25.5 Å². The molecule has 1 N–H and O–H groups in total. The Morgan fingerprint density at radius 1 is 1.42 bits per heavy atom. The van der Waals surface area contributed by atoms with E-state index in [1.807, 2.05) is 18.2 Å². The molecule has 19 heavy (non-hydrogen) atoms. The molecule has 1 fully saturated rings. The van der Waals surface area contributed by atoms with E-state index in [1.54, 1.807) is 0 Å². The lowest BCUT2D eigenvalue weighted by Gasteiger charge is -2.38. The molecule has 1 saturated heterocycles. The van der Waals surface area contributed by atoms with Crippen molar-refractivity contribution >= 4 is 5.97 Å². The molecule has 0 aliphatic carbocycles. The van der Waals surface area contributed by atoms with Crippen molar-refractivity contribution < 1.29 is 14.6 Å². The highest BCUT2D eigenvalue weighted by atomic mass is 16.5. The largest absolute Gasteiger partial charge is 0.481 e. The number of benzene rings is 1. The van der Waals surface area contributed by atoms with E-state index in [1.165, 1.54) is 5.56 Å². The van der Waals surface area contributed by atoms with E-state index in [0.717, 1.165) is 13.1 Å². The van der Waals surface area contributed by atoms with Gasteiger partial charge in [-0.2, -0.15) is 0 Å². The van der Waals surface area contributed by atoms with Gasteiger partial charge in [-0.1, -0.05) is 30.3 Å². The number of nitrogens with zero attached hydrogens (tertiary/aromatic N) is 1. The minimum atomic E-state index is -0.722. The molecule has 4 nitrogen and oxygen atoms in total. The second-order valence-electron chi connectivity index (χ2n) is 5.07. The van der Waals surface area contributed by atoms with Gasteiger partial charge in [-0.3, -0.25) is 9.69 Å². The van der Waals surface area contributed by atoms with Crippen LogP contribution in [0.25, 0.3) is 0 Å². The second-order valence-corrected chi connectivity index (χ2v) is 5.07. The van der Waals surface area contributed by atoms with E-state index >= 15 is 0 Å². The number of carboxylic acid groups (broad SMARTS) is 1. The molecule has 1 aliphatic rings. The maximum Gasteiger partial charge on any atom is 0.303 e. The van der Waals surface area contributed by atoms with Crippen LogP contribution >= 0.6 is 0 Å². The standard InChI is InChI=1S/C15H21NO3/c1-12-11-19-14(13-6-3-2-4-7-13)10-16(12)9-5-8-15(17)18/h2-4,6-7,12,14H,5,8-11H2,1H3,(H,17,18)/t12-,14-/m0/s1. The van der Waals surface area contributed by atoms with Gasteiger partial charge in [0.05, 0.1) is 12.7 Å². The molecule has 1 aromatic carbocycles. The number of carboxylic acids is 1. The molecule has 2 rings (SSSR count). The molecule has 1 aromatic rings. The highest BCUT2D eigenvalue weighted by Crippen LogP contribution is 2.24. The lowest BCUT2D eigenvalue weighted by molar-refractivity contribution is -0.137. The summed E-state index contributed by atoms with van der Waals surface area (Å²) in [6.07, 6.45) is 1.03. The third-order valence-corrected chi connectivity index (χ3v) is 3.57. The van der Waals surface area contributed by atoms with Crippen LogP contribution < -0.4 is 0 Å². The normalized spacial score (nSPS) is 24.3. The lowest BCUT2D eigenvalue weighted by atomic mass is 10.1. The maximum absolute atomic E-state index is 10.6. The van der Waals surface area contributed by atoms with Gasteiger partial charge in [0.25, 0.3) is 0 Å². The molecule has 0 spiro atoms.